The Labute approximate surface area is 118 Å². The molecule has 1 aromatic carbocycles. The van der Waals surface area contributed by atoms with Crippen molar-refractivity contribution in [2.75, 3.05) is 25.5 Å². The molecule has 0 unspecified atom stereocenters. The van der Waals surface area contributed by atoms with E-state index in [0.29, 0.717) is 18.8 Å². The van der Waals surface area contributed by atoms with Gasteiger partial charge in [0, 0.05) is 7.05 Å². The van der Waals surface area contributed by atoms with Crippen LogP contribution in [-0.4, -0.2) is 31.1 Å². The molecule has 2 aromatic rings. The number of amides is 1. The molecular weight excluding hydrogens is 254 g/mol. The lowest BCUT2D eigenvalue weighted by Crippen LogP contribution is -2.28. The zero-order chi connectivity index (χ0) is 14.2. The first-order chi connectivity index (χ1) is 9.79. The third-order valence-corrected chi connectivity index (χ3v) is 2.68. The number of ether oxygens (including phenoxy) is 1. The van der Waals surface area contributed by atoms with Crippen molar-refractivity contribution in [2.24, 2.45) is 0 Å². The number of pyridine rings is 1. The van der Waals surface area contributed by atoms with Gasteiger partial charge in [-0.25, -0.2) is 4.98 Å². The van der Waals surface area contributed by atoms with Gasteiger partial charge in [-0.15, -0.1) is 0 Å². The van der Waals surface area contributed by atoms with E-state index in [2.05, 4.69) is 15.6 Å². The molecule has 0 saturated heterocycles. The van der Waals surface area contributed by atoms with Gasteiger partial charge < -0.3 is 15.4 Å². The van der Waals surface area contributed by atoms with Crippen molar-refractivity contribution in [2.45, 2.75) is 0 Å². The molecule has 1 heterocycles. The molecule has 5 heteroatoms. The summed E-state index contributed by atoms with van der Waals surface area (Å²) in [7, 11) is 1.80. The Morgan fingerprint density at radius 3 is 2.65 bits per heavy atom. The third kappa shape index (κ3) is 3.98. The van der Waals surface area contributed by atoms with Crippen LogP contribution in [0.4, 0.5) is 5.69 Å². The predicted octanol–water partition coefficient (Wildman–Crippen LogP) is 1.93. The van der Waals surface area contributed by atoms with E-state index in [9.17, 15) is 4.79 Å². The fourth-order valence-electron chi connectivity index (χ4n) is 1.62. The molecule has 20 heavy (non-hydrogen) atoms. The van der Waals surface area contributed by atoms with E-state index < -0.39 is 0 Å². The van der Waals surface area contributed by atoms with E-state index in [1.165, 1.54) is 0 Å². The van der Waals surface area contributed by atoms with Crippen LogP contribution in [0.15, 0.2) is 48.7 Å². The Balaban J connectivity index is 1.74. The second-order valence-corrected chi connectivity index (χ2v) is 4.10. The standard InChI is InChI=1S/C15H17N3O2/c1-16-12-7-8-14(18-11-12)15(19)17-9-10-20-13-5-3-2-4-6-13/h2-8,11,16H,9-10H2,1H3,(H,17,19). The van der Waals surface area contributed by atoms with E-state index in [4.69, 9.17) is 4.74 Å². The van der Waals surface area contributed by atoms with E-state index in [1.54, 1.807) is 19.3 Å². The number of aromatic nitrogens is 1. The highest BCUT2D eigenvalue weighted by atomic mass is 16.5. The molecule has 0 spiro atoms. The monoisotopic (exact) mass is 271 g/mol. The van der Waals surface area contributed by atoms with Crippen LogP contribution in [0.1, 0.15) is 10.5 Å². The average Bonchev–Trinajstić information content (AvgIpc) is 2.52. The maximum Gasteiger partial charge on any atom is 0.269 e. The Morgan fingerprint density at radius 1 is 1.20 bits per heavy atom. The van der Waals surface area contributed by atoms with Crippen molar-refractivity contribution >= 4 is 11.6 Å². The van der Waals surface area contributed by atoms with Gasteiger partial charge in [0.1, 0.15) is 18.1 Å². The van der Waals surface area contributed by atoms with Gasteiger partial charge in [-0.3, -0.25) is 4.79 Å². The summed E-state index contributed by atoms with van der Waals surface area (Å²) in [6.45, 7) is 0.855. The number of carbonyl (C=O) groups excluding carboxylic acids is 1. The molecule has 0 aliphatic rings. The first-order valence-corrected chi connectivity index (χ1v) is 6.39. The van der Waals surface area contributed by atoms with E-state index in [-0.39, 0.29) is 5.91 Å². The largest absolute Gasteiger partial charge is 0.492 e. The minimum Gasteiger partial charge on any atom is -0.492 e. The predicted molar refractivity (Wildman–Crippen MR) is 78.1 cm³/mol. The van der Waals surface area contributed by atoms with Gasteiger partial charge in [-0.05, 0) is 24.3 Å². The maximum atomic E-state index is 11.8. The quantitative estimate of drug-likeness (QED) is 0.788. The fourth-order valence-corrected chi connectivity index (χ4v) is 1.62. The molecular formula is C15H17N3O2. The Kier molecular flexibility index (Phi) is 4.94. The molecule has 0 aliphatic carbocycles. The lowest BCUT2D eigenvalue weighted by atomic mass is 10.3. The highest BCUT2D eigenvalue weighted by Gasteiger charge is 2.05. The number of benzene rings is 1. The highest BCUT2D eigenvalue weighted by molar-refractivity contribution is 5.92. The van der Waals surface area contributed by atoms with Gasteiger partial charge >= 0.3 is 0 Å². The minimum absolute atomic E-state index is 0.204. The number of hydrogen-bond donors (Lipinski definition) is 2. The number of nitrogens with one attached hydrogen (secondary N) is 2. The summed E-state index contributed by atoms with van der Waals surface area (Å²) in [6.07, 6.45) is 1.62. The molecule has 0 radical (unpaired) electrons. The van der Waals surface area contributed by atoms with Crippen LogP contribution in [-0.2, 0) is 0 Å². The zero-order valence-electron chi connectivity index (χ0n) is 11.3. The minimum atomic E-state index is -0.204. The van der Waals surface area contributed by atoms with Crippen LogP contribution < -0.4 is 15.4 Å². The van der Waals surface area contributed by atoms with Gasteiger partial charge in [0.2, 0.25) is 0 Å². The molecule has 0 bridgehead atoms. The van der Waals surface area contributed by atoms with Crippen molar-refractivity contribution in [1.82, 2.24) is 10.3 Å². The highest BCUT2D eigenvalue weighted by Crippen LogP contribution is 2.07. The van der Waals surface area contributed by atoms with E-state index in [1.807, 2.05) is 36.4 Å². The van der Waals surface area contributed by atoms with Crippen molar-refractivity contribution in [3.63, 3.8) is 0 Å². The van der Waals surface area contributed by atoms with Crippen molar-refractivity contribution < 1.29 is 9.53 Å². The number of hydrogen-bond acceptors (Lipinski definition) is 4. The molecule has 104 valence electrons. The van der Waals surface area contributed by atoms with Gasteiger partial charge in [0.15, 0.2) is 0 Å². The van der Waals surface area contributed by atoms with Crippen LogP contribution in [0, 0.1) is 0 Å². The smallest absolute Gasteiger partial charge is 0.269 e. The fraction of sp³-hybridized carbons (Fsp3) is 0.200. The van der Waals surface area contributed by atoms with Gasteiger partial charge in [-0.2, -0.15) is 0 Å². The number of nitrogens with zero attached hydrogens (tertiary/aromatic N) is 1. The van der Waals surface area contributed by atoms with Crippen molar-refractivity contribution in [1.29, 1.82) is 0 Å². The normalized spacial score (nSPS) is 9.85. The lowest BCUT2D eigenvalue weighted by Gasteiger charge is -2.07. The maximum absolute atomic E-state index is 11.8. The SMILES string of the molecule is CNc1ccc(C(=O)NCCOc2ccccc2)nc1. The molecule has 2 N–H and O–H groups in total. The van der Waals surface area contributed by atoms with Gasteiger partial charge in [-0.1, -0.05) is 18.2 Å². The third-order valence-electron chi connectivity index (χ3n) is 2.68. The Hall–Kier alpha value is -2.56. The number of para-hydroxylation sites is 1. The summed E-state index contributed by atoms with van der Waals surface area (Å²) in [6, 6.07) is 13.0. The van der Waals surface area contributed by atoms with Crippen molar-refractivity contribution in [3.05, 3.63) is 54.4 Å². The number of anilines is 1. The van der Waals surface area contributed by atoms with Crippen LogP contribution in [0.3, 0.4) is 0 Å². The molecule has 1 aromatic heterocycles. The Bertz CT molecular complexity index is 541. The number of carbonyl (C=O) groups is 1. The lowest BCUT2D eigenvalue weighted by molar-refractivity contribution is 0.0942. The average molecular weight is 271 g/mol. The summed E-state index contributed by atoms with van der Waals surface area (Å²) >= 11 is 0. The summed E-state index contributed by atoms with van der Waals surface area (Å²) in [5.74, 6) is 0.586. The van der Waals surface area contributed by atoms with Crippen molar-refractivity contribution in [3.8, 4) is 5.75 Å². The van der Waals surface area contributed by atoms with Crippen LogP contribution in [0.2, 0.25) is 0 Å². The second kappa shape index (κ2) is 7.13. The molecule has 0 saturated carbocycles. The van der Waals surface area contributed by atoms with Gasteiger partial charge in [0.05, 0.1) is 18.4 Å². The van der Waals surface area contributed by atoms with Crippen LogP contribution in [0.5, 0.6) is 5.75 Å². The number of rotatable bonds is 6. The summed E-state index contributed by atoms with van der Waals surface area (Å²) < 4.78 is 5.48. The second-order valence-electron chi connectivity index (χ2n) is 4.10. The molecule has 0 atom stereocenters. The topological polar surface area (TPSA) is 63.2 Å². The first-order valence-electron chi connectivity index (χ1n) is 6.39. The van der Waals surface area contributed by atoms with Gasteiger partial charge in [0.25, 0.3) is 5.91 Å². The first kappa shape index (κ1) is 13.9. The zero-order valence-corrected chi connectivity index (χ0v) is 11.3. The summed E-state index contributed by atoms with van der Waals surface area (Å²) in [5.41, 5.74) is 1.26. The summed E-state index contributed by atoms with van der Waals surface area (Å²) in [5, 5.41) is 5.71. The summed E-state index contributed by atoms with van der Waals surface area (Å²) in [4.78, 5) is 15.9. The molecule has 0 fully saturated rings. The molecule has 5 nitrogen and oxygen atoms in total. The molecule has 0 aliphatic heterocycles. The van der Waals surface area contributed by atoms with E-state index >= 15 is 0 Å². The molecule has 2 rings (SSSR count). The van der Waals surface area contributed by atoms with E-state index in [0.717, 1.165) is 11.4 Å². The van der Waals surface area contributed by atoms with Crippen LogP contribution in [0.25, 0.3) is 0 Å². The van der Waals surface area contributed by atoms with Crippen LogP contribution >= 0.6 is 0 Å². The Morgan fingerprint density at radius 2 is 2.00 bits per heavy atom. The molecule has 1 amide bonds.